The molecule has 0 radical (unpaired) electrons. The van der Waals surface area contributed by atoms with Crippen molar-refractivity contribution in [3.63, 3.8) is 0 Å². The Hall–Kier alpha value is -0.120. The molecule has 0 saturated carbocycles. The molecule has 26 heavy (non-hydrogen) atoms. The molecule has 7 heteroatoms. The van der Waals surface area contributed by atoms with Crippen LogP contribution in [0.1, 0.15) is 40.0 Å². The fraction of sp³-hybridized carbons (Fsp3) is 0.947. The Balaban J connectivity index is 0.00000338. The van der Waals surface area contributed by atoms with E-state index in [1.807, 2.05) is 0 Å². The summed E-state index contributed by atoms with van der Waals surface area (Å²) >= 11 is 0. The van der Waals surface area contributed by atoms with Gasteiger partial charge in [0.05, 0.1) is 13.2 Å². The Morgan fingerprint density at radius 2 is 1.85 bits per heavy atom. The van der Waals surface area contributed by atoms with E-state index < -0.39 is 0 Å². The molecule has 0 bridgehead atoms. The molecule has 154 valence electrons. The summed E-state index contributed by atoms with van der Waals surface area (Å²) in [5.41, 5.74) is 0. The number of hydrogen-bond donors (Lipinski definition) is 1. The number of nitrogens with zero attached hydrogens (tertiary/aromatic N) is 4. The highest BCUT2D eigenvalue weighted by atomic mass is 127. The second-order valence-electron chi connectivity index (χ2n) is 7.01. The van der Waals surface area contributed by atoms with Gasteiger partial charge in [-0.25, -0.2) is 0 Å². The second kappa shape index (κ2) is 14.0. The van der Waals surface area contributed by atoms with Gasteiger partial charge in [0.2, 0.25) is 0 Å². The first-order valence-electron chi connectivity index (χ1n) is 10.4. The van der Waals surface area contributed by atoms with E-state index in [4.69, 9.17) is 9.73 Å². The van der Waals surface area contributed by atoms with Gasteiger partial charge in [-0.1, -0.05) is 13.8 Å². The van der Waals surface area contributed by atoms with E-state index >= 15 is 0 Å². The number of halogens is 1. The molecule has 0 aromatic carbocycles. The van der Waals surface area contributed by atoms with Crippen LogP contribution in [-0.2, 0) is 4.74 Å². The van der Waals surface area contributed by atoms with Gasteiger partial charge >= 0.3 is 0 Å². The van der Waals surface area contributed by atoms with E-state index in [2.05, 4.69) is 40.8 Å². The number of unbranched alkanes of at least 4 members (excludes halogenated alkanes) is 1. The van der Waals surface area contributed by atoms with Crippen LogP contribution in [0.5, 0.6) is 0 Å². The van der Waals surface area contributed by atoms with Crippen molar-refractivity contribution >= 4 is 29.9 Å². The smallest absolute Gasteiger partial charge is 0.193 e. The molecule has 2 saturated heterocycles. The summed E-state index contributed by atoms with van der Waals surface area (Å²) in [5.74, 6) is 1.11. The molecule has 1 unspecified atom stereocenters. The molecule has 0 spiro atoms. The average molecular weight is 481 g/mol. The van der Waals surface area contributed by atoms with Gasteiger partial charge in [-0.2, -0.15) is 0 Å². The lowest BCUT2D eigenvalue weighted by Crippen LogP contribution is -2.46. The van der Waals surface area contributed by atoms with Crippen molar-refractivity contribution < 1.29 is 4.74 Å². The van der Waals surface area contributed by atoms with Crippen molar-refractivity contribution in [1.82, 2.24) is 20.0 Å². The number of morpholine rings is 1. The Bertz CT molecular complexity index is 386. The predicted molar refractivity (Wildman–Crippen MR) is 121 cm³/mol. The lowest BCUT2D eigenvalue weighted by atomic mass is 10.2. The maximum atomic E-state index is 5.49. The van der Waals surface area contributed by atoms with Crippen molar-refractivity contribution in [2.24, 2.45) is 4.99 Å². The zero-order valence-electron chi connectivity index (χ0n) is 17.1. The van der Waals surface area contributed by atoms with Gasteiger partial charge in [0.1, 0.15) is 0 Å². The first-order valence-corrected chi connectivity index (χ1v) is 10.4. The Morgan fingerprint density at radius 3 is 2.50 bits per heavy atom. The summed E-state index contributed by atoms with van der Waals surface area (Å²) in [6, 6.07) is 0.662. The largest absolute Gasteiger partial charge is 0.379 e. The minimum atomic E-state index is 0. The Morgan fingerprint density at radius 1 is 1.12 bits per heavy atom. The molecule has 0 amide bonds. The van der Waals surface area contributed by atoms with Crippen LogP contribution in [0.2, 0.25) is 0 Å². The van der Waals surface area contributed by atoms with Crippen LogP contribution in [-0.4, -0.2) is 98.8 Å². The Kier molecular flexibility index (Phi) is 12.8. The monoisotopic (exact) mass is 481 g/mol. The van der Waals surface area contributed by atoms with Gasteiger partial charge in [-0.15, -0.1) is 24.0 Å². The van der Waals surface area contributed by atoms with Crippen LogP contribution in [0.25, 0.3) is 0 Å². The first kappa shape index (κ1) is 23.9. The zero-order valence-corrected chi connectivity index (χ0v) is 19.4. The van der Waals surface area contributed by atoms with Gasteiger partial charge in [0.25, 0.3) is 0 Å². The molecule has 0 aromatic heterocycles. The van der Waals surface area contributed by atoms with Crippen LogP contribution in [0.4, 0.5) is 0 Å². The summed E-state index contributed by atoms with van der Waals surface area (Å²) in [5, 5.41) is 3.49. The summed E-state index contributed by atoms with van der Waals surface area (Å²) in [6.07, 6.45) is 3.65. The molecule has 2 rings (SSSR count). The third kappa shape index (κ3) is 7.86. The number of aliphatic imine (C=N–C) groups is 1. The number of ether oxygens (including phenoxy) is 1. The van der Waals surface area contributed by atoms with E-state index in [-0.39, 0.29) is 24.0 Å². The topological polar surface area (TPSA) is 43.3 Å². The van der Waals surface area contributed by atoms with E-state index in [1.165, 1.54) is 25.8 Å². The SMILES string of the molecule is CCNC(=NCCCCN(CC)CC)N1CCC(N2CCOCC2)C1.I. The number of nitrogens with one attached hydrogen (secondary N) is 1. The predicted octanol–water partition coefficient (Wildman–Crippen LogP) is 2.10. The van der Waals surface area contributed by atoms with E-state index in [1.54, 1.807) is 0 Å². The lowest BCUT2D eigenvalue weighted by molar-refractivity contribution is 0.0195. The van der Waals surface area contributed by atoms with Crippen molar-refractivity contribution in [2.75, 3.05) is 72.1 Å². The third-order valence-electron chi connectivity index (χ3n) is 5.40. The minimum Gasteiger partial charge on any atom is -0.379 e. The Labute approximate surface area is 177 Å². The number of rotatable bonds is 9. The number of hydrogen-bond acceptors (Lipinski definition) is 4. The van der Waals surface area contributed by atoms with Gasteiger partial charge in [-0.05, 0) is 45.8 Å². The molecular weight excluding hydrogens is 441 g/mol. The van der Waals surface area contributed by atoms with Crippen LogP contribution in [0.3, 0.4) is 0 Å². The van der Waals surface area contributed by atoms with Gasteiger partial charge < -0.3 is 19.9 Å². The molecule has 2 aliphatic rings. The fourth-order valence-corrected chi connectivity index (χ4v) is 3.77. The van der Waals surface area contributed by atoms with Crippen molar-refractivity contribution in [1.29, 1.82) is 0 Å². The van der Waals surface area contributed by atoms with Crippen molar-refractivity contribution in [3.05, 3.63) is 0 Å². The maximum absolute atomic E-state index is 5.49. The number of guanidine groups is 1. The minimum absolute atomic E-state index is 0. The summed E-state index contributed by atoms with van der Waals surface area (Å²) in [6.45, 7) is 18.2. The van der Waals surface area contributed by atoms with Crippen LogP contribution in [0, 0.1) is 0 Å². The van der Waals surface area contributed by atoms with E-state index in [9.17, 15) is 0 Å². The van der Waals surface area contributed by atoms with Gasteiger partial charge in [0, 0.05) is 45.3 Å². The highest BCUT2D eigenvalue weighted by Gasteiger charge is 2.30. The first-order chi connectivity index (χ1) is 12.3. The average Bonchev–Trinajstić information content (AvgIpc) is 3.14. The molecular formula is C19H40IN5O. The normalized spacial score (nSPS) is 21.9. The van der Waals surface area contributed by atoms with Crippen molar-refractivity contribution in [3.8, 4) is 0 Å². The van der Waals surface area contributed by atoms with Gasteiger partial charge in [-0.3, -0.25) is 9.89 Å². The van der Waals surface area contributed by atoms with E-state index in [0.29, 0.717) is 6.04 Å². The van der Waals surface area contributed by atoms with Crippen molar-refractivity contribution in [2.45, 2.75) is 46.1 Å². The molecule has 2 aliphatic heterocycles. The highest BCUT2D eigenvalue weighted by Crippen LogP contribution is 2.17. The molecule has 1 N–H and O–H groups in total. The third-order valence-corrected chi connectivity index (χ3v) is 5.40. The summed E-state index contributed by atoms with van der Waals surface area (Å²) in [7, 11) is 0. The summed E-state index contributed by atoms with van der Waals surface area (Å²) in [4.78, 5) is 12.4. The fourth-order valence-electron chi connectivity index (χ4n) is 3.77. The van der Waals surface area contributed by atoms with Gasteiger partial charge in [0.15, 0.2) is 5.96 Å². The number of likely N-dealkylation sites (tertiary alicyclic amines) is 1. The lowest BCUT2D eigenvalue weighted by Gasteiger charge is -2.32. The standard InChI is InChI=1S/C19H39N5O.HI/c1-4-20-19(21-10-7-8-11-22(5-2)6-3)24-12-9-18(17-24)23-13-15-25-16-14-23;/h18H,4-17H2,1-3H3,(H,20,21);1H. The maximum Gasteiger partial charge on any atom is 0.193 e. The highest BCUT2D eigenvalue weighted by molar-refractivity contribution is 14.0. The molecule has 2 fully saturated rings. The summed E-state index contributed by atoms with van der Waals surface area (Å²) < 4.78 is 5.49. The van der Waals surface area contributed by atoms with Crippen LogP contribution < -0.4 is 5.32 Å². The van der Waals surface area contributed by atoms with Crippen LogP contribution in [0.15, 0.2) is 4.99 Å². The quantitative estimate of drug-likeness (QED) is 0.237. The van der Waals surface area contributed by atoms with E-state index in [0.717, 1.165) is 71.5 Å². The second-order valence-corrected chi connectivity index (χ2v) is 7.01. The molecule has 0 aliphatic carbocycles. The molecule has 6 nitrogen and oxygen atoms in total. The van der Waals surface area contributed by atoms with Crippen LogP contribution >= 0.6 is 24.0 Å². The molecule has 2 heterocycles. The molecule has 1 atom stereocenters. The molecule has 0 aromatic rings. The zero-order chi connectivity index (χ0) is 17.9.